The first kappa shape index (κ1) is 14.1. The van der Waals surface area contributed by atoms with Crippen LogP contribution in [0.15, 0.2) is 42.5 Å². The maximum Gasteiger partial charge on any atom is 0.129 e. The van der Waals surface area contributed by atoms with E-state index in [1.54, 1.807) is 12.1 Å². The molecule has 0 saturated carbocycles. The first-order valence-electron chi connectivity index (χ1n) is 7.31. The summed E-state index contributed by atoms with van der Waals surface area (Å²) in [5.74, 6) is 0.740. The number of rotatable bonds is 3. The monoisotopic (exact) mass is 286 g/mol. The first-order chi connectivity index (χ1) is 10.1. The van der Waals surface area contributed by atoms with Crippen LogP contribution in [0.3, 0.4) is 0 Å². The second-order valence-electron chi connectivity index (χ2n) is 5.65. The lowest BCUT2D eigenvalue weighted by atomic mass is 9.86. The SMILES string of the molecule is Cc1ccc(F)c(C(O)CC2CCOc3ccccc32)c1. The number of aliphatic hydroxyl groups is 1. The fourth-order valence-corrected chi connectivity index (χ4v) is 2.98. The summed E-state index contributed by atoms with van der Waals surface area (Å²) in [6, 6.07) is 12.8. The number of aryl methyl sites for hydroxylation is 1. The highest BCUT2D eigenvalue weighted by Crippen LogP contribution is 2.39. The Bertz CT molecular complexity index is 639. The van der Waals surface area contributed by atoms with Crippen LogP contribution in [-0.4, -0.2) is 11.7 Å². The van der Waals surface area contributed by atoms with Crippen molar-refractivity contribution >= 4 is 0 Å². The van der Waals surface area contributed by atoms with Gasteiger partial charge in [-0.1, -0.05) is 35.9 Å². The summed E-state index contributed by atoms with van der Waals surface area (Å²) in [5.41, 5.74) is 2.45. The van der Waals surface area contributed by atoms with E-state index in [2.05, 4.69) is 0 Å². The fraction of sp³-hybridized carbons (Fsp3) is 0.333. The summed E-state index contributed by atoms with van der Waals surface area (Å²) < 4.78 is 19.5. The second-order valence-corrected chi connectivity index (χ2v) is 5.65. The van der Waals surface area contributed by atoms with Crippen molar-refractivity contribution in [1.82, 2.24) is 0 Å². The average Bonchev–Trinajstić information content (AvgIpc) is 2.50. The molecular formula is C18H19FO2. The molecule has 1 aliphatic rings. The molecule has 3 heteroatoms. The number of halogens is 1. The van der Waals surface area contributed by atoms with E-state index in [1.165, 1.54) is 6.07 Å². The van der Waals surface area contributed by atoms with Crippen LogP contribution < -0.4 is 4.74 Å². The number of hydrogen-bond donors (Lipinski definition) is 1. The van der Waals surface area contributed by atoms with Gasteiger partial charge in [0.1, 0.15) is 11.6 Å². The third-order valence-electron chi connectivity index (χ3n) is 4.10. The van der Waals surface area contributed by atoms with Gasteiger partial charge in [-0.15, -0.1) is 0 Å². The van der Waals surface area contributed by atoms with Gasteiger partial charge in [0.15, 0.2) is 0 Å². The maximum absolute atomic E-state index is 13.9. The molecule has 1 aliphatic heterocycles. The predicted molar refractivity (Wildman–Crippen MR) is 80.0 cm³/mol. The number of fused-ring (bicyclic) bond motifs is 1. The number of benzene rings is 2. The molecule has 21 heavy (non-hydrogen) atoms. The molecule has 0 radical (unpaired) electrons. The summed E-state index contributed by atoms with van der Waals surface area (Å²) in [5, 5.41) is 10.4. The van der Waals surface area contributed by atoms with Gasteiger partial charge in [-0.2, -0.15) is 0 Å². The minimum Gasteiger partial charge on any atom is -0.493 e. The zero-order valence-corrected chi connectivity index (χ0v) is 12.1. The summed E-state index contributed by atoms with van der Waals surface area (Å²) in [6.45, 7) is 2.55. The molecule has 2 atom stereocenters. The van der Waals surface area contributed by atoms with E-state index in [0.29, 0.717) is 18.6 Å². The van der Waals surface area contributed by atoms with Crippen LogP contribution in [-0.2, 0) is 0 Å². The van der Waals surface area contributed by atoms with Crippen LogP contribution in [0.5, 0.6) is 5.75 Å². The molecule has 2 aromatic rings. The van der Waals surface area contributed by atoms with E-state index in [1.807, 2.05) is 31.2 Å². The van der Waals surface area contributed by atoms with Crippen molar-refractivity contribution in [2.75, 3.05) is 6.61 Å². The topological polar surface area (TPSA) is 29.5 Å². The van der Waals surface area contributed by atoms with Crippen molar-refractivity contribution in [2.24, 2.45) is 0 Å². The van der Waals surface area contributed by atoms with E-state index >= 15 is 0 Å². The van der Waals surface area contributed by atoms with E-state index in [0.717, 1.165) is 23.3 Å². The molecule has 2 aromatic carbocycles. The van der Waals surface area contributed by atoms with Gasteiger partial charge in [-0.05, 0) is 43.4 Å². The molecule has 2 unspecified atom stereocenters. The van der Waals surface area contributed by atoms with Gasteiger partial charge in [0.05, 0.1) is 12.7 Å². The van der Waals surface area contributed by atoms with E-state index in [4.69, 9.17) is 4.74 Å². The fourth-order valence-electron chi connectivity index (χ4n) is 2.98. The summed E-state index contributed by atoms with van der Waals surface area (Å²) in [4.78, 5) is 0. The Kier molecular flexibility index (Phi) is 3.93. The molecule has 2 nitrogen and oxygen atoms in total. The lowest BCUT2D eigenvalue weighted by molar-refractivity contribution is 0.141. The van der Waals surface area contributed by atoms with Crippen LogP contribution in [0.4, 0.5) is 4.39 Å². The Balaban J connectivity index is 1.82. The van der Waals surface area contributed by atoms with Crippen molar-refractivity contribution in [2.45, 2.75) is 31.8 Å². The van der Waals surface area contributed by atoms with Gasteiger partial charge in [-0.25, -0.2) is 4.39 Å². The summed E-state index contributed by atoms with van der Waals surface area (Å²) in [7, 11) is 0. The molecule has 1 N–H and O–H groups in total. The Morgan fingerprint density at radius 1 is 1.29 bits per heavy atom. The van der Waals surface area contributed by atoms with Crippen molar-refractivity contribution in [3.8, 4) is 5.75 Å². The third kappa shape index (κ3) is 2.93. The van der Waals surface area contributed by atoms with Crippen LogP contribution >= 0.6 is 0 Å². The zero-order chi connectivity index (χ0) is 14.8. The number of hydrogen-bond acceptors (Lipinski definition) is 2. The Hall–Kier alpha value is -1.87. The van der Waals surface area contributed by atoms with Crippen LogP contribution in [0.2, 0.25) is 0 Å². The van der Waals surface area contributed by atoms with Crippen molar-refractivity contribution < 1.29 is 14.2 Å². The standard InChI is InChI=1S/C18H19FO2/c1-12-6-7-16(19)15(10-12)17(20)11-13-8-9-21-18-5-3-2-4-14(13)18/h2-7,10,13,17,20H,8-9,11H2,1H3. The van der Waals surface area contributed by atoms with E-state index in [9.17, 15) is 9.50 Å². The zero-order valence-electron chi connectivity index (χ0n) is 12.1. The van der Waals surface area contributed by atoms with Gasteiger partial charge < -0.3 is 9.84 Å². The molecule has 0 amide bonds. The van der Waals surface area contributed by atoms with Gasteiger partial charge in [0.25, 0.3) is 0 Å². The van der Waals surface area contributed by atoms with E-state index in [-0.39, 0.29) is 11.7 Å². The van der Waals surface area contributed by atoms with E-state index < -0.39 is 6.10 Å². The molecular weight excluding hydrogens is 267 g/mol. The highest BCUT2D eigenvalue weighted by molar-refractivity contribution is 5.38. The van der Waals surface area contributed by atoms with Crippen LogP contribution in [0.25, 0.3) is 0 Å². The average molecular weight is 286 g/mol. The number of aliphatic hydroxyl groups excluding tert-OH is 1. The third-order valence-corrected chi connectivity index (χ3v) is 4.10. The van der Waals surface area contributed by atoms with Crippen molar-refractivity contribution in [3.05, 3.63) is 65.0 Å². The highest BCUT2D eigenvalue weighted by atomic mass is 19.1. The lowest BCUT2D eigenvalue weighted by Gasteiger charge is -2.27. The van der Waals surface area contributed by atoms with Crippen molar-refractivity contribution in [3.63, 3.8) is 0 Å². The normalized spacial score (nSPS) is 18.7. The first-order valence-corrected chi connectivity index (χ1v) is 7.31. The predicted octanol–water partition coefficient (Wildman–Crippen LogP) is 4.12. The minimum atomic E-state index is -0.791. The van der Waals surface area contributed by atoms with Gasteiger partial charge in [0, 0.05) is 5.56 Å². The van der Waals surface area contributed by atoms with Gasteiger partial charge >= 0.3 is 0 Å². The molecule has 0 aliphatic carbocycles. The Labute approximate surface area is 124 Å². The molecule has 110 valence electrons. The van der Waals surface area contributed by atoms with Crippen molar-refractivity contribution in [1.29, 1.82) is 0 Å². The molecule has 1 heterocycles. The number of ether oxygens (including phenoxy) is 1. The molecule has 0 spiro atoms. The summed E-state index contributed by atoms with van der Waals surface area (Å²) >= 11 is 0. The lowest BCUT2D eigenvalue weighted by Crippen LogP contribution is -2.17. The molecule has 0 saturated heterocycles. The van der Waals surface area contributed by atoms with Gasteiger partial charge in [-0.3, -0.25) is 0 Å². The second kappa shape index (κ2) is 5.86. The molecule has 0 aromatic heterocycles. The molecule has 0 bridgehead atoms. The summed E-state index contributed by atoms with van der Waals surface area (Å²) in [6.07, 6.45) is 0.573. The quantitative estimate of drug-likeness (QED) is 0.919. The van der Waals surface area contributed by atoms with Crippen LogP contribution in [0.1, 0.15) is 41.6 Å². The highest BCUT2D eigenvalue weighted by Gasteiger charge is 2.25. The molecule has 0 fully saturated rings. The Morgan fingerprint density at radius 3 is 2.95 bits per heavy atom. The smallest absolute Gasteiger partial charge is 0.129 e. The maximum atomic E-state index is 13.9. The van der Waals surface area contributed by atoms with Crippen LogP contribution in [0, 0.1) is 12.7 Å². The minimum absolute atomic E-state index is 0.199. The number of para-hydroxylation sites is 1. The largest absolute Gasteiger partial charge is 0.493 e. The Morgan fingerprint density at radius 2 is 2.10 bits per heavy atom. The molecule has 3 rings (SSSR count). The van der Waals surface area contributed by atoms with Gasteiger partial charge in [0.2, 0.25) is 0 Å².